The van der Waals surface area contributed by atoms with Crippen LogP contribution in [-0.4, -0.2) is 60.8 Å². The number of nitrogens with zero attached hydrogens (tertiary/aromatic N) is 1. The number of piperidine rings is 1. The first kappa shape index (κ1) is 22.8. The van der Waals surface area contributed by atoms with Crippen molar-refractivity contribution in [2.24, 2.45) is 0 Å². The third-order valence-electron chi connectivity index (χ3n) is 6.52. The van der Waals surface area contributed by atoms with E-state index in [-0.39, 0.29) is 12.5 Å². The standard InChI is InChI=1S/C26H35N3O3/c1-19(32-25-11-5-4-10-24(25)21-9-6-13-27-15-21)26(31)28-16-23(30)18-29-14-12-20-7-2-3-8-22(20)17-29/h2-5,7-8,10-11,19,21,23,27,30H,6,9,12-18H2,1H3,(H,28,31)/t19?,21-,23+/m0/s1. The van der Waals surface area contributed by atoms with Crippen LogP contribution in [0.2, 0.25) is 0 Å². The summed E-state index contributed by atoms with van der Waals surface area (Å²) in [5.41, 5.74) is 3.87. The van der Waals surface area contributed by atoms with Crippen molar-refractivity contribution in [2.45, 2.75) is 50.9 Å². The molecule has 1 amide bonds. The third kappa shape index (κ3) is 5.88. The van der Waals surface area contributed by atoms with Gasteiger partial charge >= 0.3 is 0 Å². The molecule has 2 aliphatic rings. The fourth-order valence-corrected chi connectivity index (χ4v) is 4.72. The average Bonchev–Trinajstić information content (AvgIpc) is 2.83. The third-order valence-corrected chi connectivity index (χ3v) is 6.52. The Hall–Kier alpha value is -2.41. The van der Waals surface area contributed by atoms with Crippen molar-refractivity contribution in [1.82, 2.24) is 15.5 Å². The second-order valence-electron chi connectivity index (χ2n) is 8.99. The lowest BCUT2D eigenvalue weighted by atomic mass is 9.91. The van der Waals surface area contributed by atoms with Gasteiger partial charge in [0.2, 0.25) is 0 Å². The lowest BCUT2D eigenvalue weighted by Gasteiger charge is -2.30. The van der Waals surface area contributed by atoms with E-state index in [4.69, 9.17) is 4.74 Å². The van der Waals surface area contributed by atoms with E-state index in [0.717, 1.165) is 56.8 Å². The predicted octanol–water partition coefficient (Wildman–Crippen LogP) is 2.46. The lowest BCUT2D eigenvalue weighted by Crippen LogP contribution is -2.44. The monoisotopic (exact) mass is 437 g/mol. The van der Waals surface area contributed by atoms with Crippen molar-refractivity contribution < 1.29 is 14.6 Å². The van der Waals surface area contributed by atoms with Crippen LogP contribution in [0.5, 0.6) is 5.75 Å². The van der Waals surface area contributed by atoms with Crippen molar-refractivity contribution in [1.29, 1.82) is 0 Å². The van der Waals surface area contributed by atoms with Gasteiger partial charge in [-0.25, -0.2) is 0 Å². The van der Waals surface area contributed by atoms with E-state index < -0.39 is 12.2 Å². The van der Waals surface area contributed by atoms with Gasteiger partial charge in [0.15, 0.2) is 6.10 Å². The molecule has 172 valence electrons. The molecule has 4 rings (SSSR count). The number of nitrogens with one attached hydrogen (secondary N) is 2. The molecule has 6 heteroatoms. The number of carbonyl (C=O) groups excluding carboxylic acids is 1. The molecular formula is C26H35N3O3. The van der Waals surface area contributed by atoms with E-state index in [0.29, 0.717) is 12.5 Å². The average molecular weight is 438 g/mol. The van der Waals surface area contributed by atoms with E-state index >= 15 is 0 Å². The van der Waals surface area contributed by atoms with Crippen molar-refractivity contribution in [3.05, 3.63) is 65.2 Å². The maximum atomic E-state index is 12.6. The molecule has 3 atom stereocenters. The zero-order valence-electron chi connectivity index (χ0n) is 18.9. The number of ether oxygens (including phenoxy) is 1. The van der Waals surface area contributed by atoms with E-state index in [1.54, 1.807) is 6.92 Å². The smallest absolute Gasteiger partial charge is 0.260 e. The summed E-state index contributed by atoms with van der Waals surface area (Å²) >= 11 is 0. The highest BCUT2D eigenvalue weighted by atomic mass is 16.5. The summed E-state index contributed by atoms with van der Waals surface area (Å²) in [5, 5.41) is 16.8. The van der Waals surface area contributed by atoms with Crippen LogP contribution in [-0.2, 0) is 17.8 Å². The molecule has 0 bridgehead atoms. The van der Waals surface area contributed by atoms with E-state index in [2.05, 4.69) is 45.9 Å². The quantitative estimate of drug-likeness (QED) is 0.592. The van der Waals surface area contributed by atoms with Crippen molar-refractivity contribution in [3.8, 4) is 5.75 Å². The minimum atomic E-state index is -0.623. The van der Waals surface area contributed by atoms with Crippen molar-refractivity contribution >= 4 is 5.91 Å². The summed E-state index contributed by atoms with van der Waals surface area (Å²) in [5.74, 6) is 0.979. The molecule has 1 unspecified atom stereocenters. The first-order valence-corrected chi connectivity index (χ1v) is 11.8. The predicted molar refractivity (Wildman–Crippen MR) is 126 cm³/mol. The molecule has 2 aliphatic heterocycles. The van der Waals surface area contributed by atoms with Crippen LogP contribution in [0, 0.1) is 0 Å². The fourth-order valence-electron chi connectivity index (χ4n) is 4.72. The molecule has 0 spiro atoms. The second kappa shape index (κ2) is 10.9. The summed E-state index contributed by atoms with van der Waals surface area (Å²) < 4.78 is 6.05. The Balaban J connectivity index is 1.25. The topological polar surface area (TPSA) is 73.8 Å². The molecule has 0 radical (unpaired) electrons. The highest BCUT2D eigenvalue weighted by molar-refractivity contribution is 5.80. The van der Waals surface area contributed by atoms with Gasteiger partial charge in [-0.3, -0.25) is 9.69 Å². The number of hydrogen-bond acceptors (Lipinski definition) is 5. The molecule has 2 aromatic carbocycles. The number of amides is 1. The Morgan fingerprint density at radius 2 is 2.00 bits per heavy atom. The molecule has 0 aromatic heterocycles. The van der Waals surface area contributed by atoms with Gasteiger partial charge in [0.25, 0.3) is 5.91 Å². The Labute approximate surface area is 191 Å². The fraction of sp³-hybridized carbons (Fsp3) is 0.500. The van der Waals surface area contributed by atoms with Crippen molar-refractivity contribution in [2.75, 3.05) is 32.7 Å². The van der Waals surface area contributed by atoms with Gasteiger partial charge in [-0.15, -0.1) is 0 Å². The van der Waals surface area contributed by atoms with Crippen LogP contribution in [0.15, 0.2) is 48.5 Å². The summed E-state index contributed by atoms with van der Waals surface area (Å²) in [6.45, 7) is 6.29. The SMILES string of the molecule is CC(Oc1ccccc1[C@H]1CCCNC1)C(=O)NC[C@@H](O)CN1CCc2ccccc2C1. The highest BCUT2D eigenvalue weighted by Crippen LogP contribution is 2.31. The van der Waals surface area contributed by atoms with Crippen LogP contribution in [0.25, 0.3) is 0 Å². The van der Waals surface area contributed by atoms with Gasteiger partial charge in [0.1, 0.15) is 5.75 Å². The number of rotatable bonds is 8. The molecule has 0 aliphatic carbocycles. The number of benzene rings is 2. The molecule has 3 N–H and O–H groups in total. The molecule has 1 fully saturated rings. The van der Waals surface area contributed by atoms with Gasteiger partial charge in [-0.05, 0) is 55.5 Å². The Kier molecular flexibility index (Phi) is 7.79. The molecular weight excluding hydrogens is 402 g/mol. The lowest BCUT2D eigenvalue weighted by molar-refractivity contribution is -0.127. The number of para-hydroxylation sites is 1. The number of hydrogen-bond donors (Lipinski definition) is 3. The number of β-amino-alcohol motifs (C(OH)–C–C–N with tert-alkyl or cyclic N) is 1. The molecule has 1 saturated heterocycles. The van der Waals surface area contributed by atoms with Gasteiger partial charge < -0.3 is 20.5 Å². The summed E-state index contributed by atoms with van der Waals surface area (Å²) in [6, 6.07) is 16.5. The maximum absolute atomic E-state index is 12.6. The zero-order chi connectivity index (χ0) is 22.3. The molecule has 2 heterocycles. The zero-order valence-corrected chi connectivity index (χ0v) is 18.9. The summed E-state index contributed by atoms with van der Waals surface area (Å²) in [6.07, 6.45) is 2.03. The van der Waals surface area contributed by atoms with Crippen LogP contribution in [0.4, 0.5) is 0 Å². The van der Waals surface area contributed by atoms with Crippen LogP contribution in [0.3, 0.4) is 0 Å². The molecule has 2 aromatic rings. The number of carbonyl (C=O) groups is 1. The normalized spacial score (nSPS) is 20.8. The van der Waals surface area contributed by atoms with Crippen LogP contribution >= 0.6 is 0 Å². The summed E-state index contributed by atoms with van der Waals surface area (Å²) in [4.78, 5) is 14.9. The van der Waals surface area contributed by atoms with E-state index in [9.17, 15) is 9.90 Å². The number of aliphatic hydroxyl groups excluding tert-OH is 1. The molecule has 6 nitrogen and oxygen atoms in total. The van der Waals surface area contributed by atoms with Gasteiger partial charge in [0.05, 0.1) is 6.10 Å². The van der Waals surface area contributed by atoms with E-state index in [1.165, 1.54) is 11.1 Å². The largest absolute Gasteiger partial charge is 0.481 e. The molecule has 32 heavy (non-hydrogen) atoms. The van der Waals surface area contributed by atoms with Gasteiger partial charge in [0, 0.05) is 38.6 Å². The number of aliphatic hydroxyl groups is 1. The summed E-state index contributed by atoms with van der Waals surface area (Å²) in [7, 11) is 0. The van der Waals surface area contributed by atoms with Crippen molar-refractivity contribution in [3.63, 3.8) is 0 Å². The highest BCUT2D eigenvalue weighted by Gasteiger charge is 2.23. The minimum Gasteiger partial charge on any atom is -0.481 e. The van der Waals surface area contributed by atoms with Crippen LogP contribution < -0.4 is 15.4 Å². The molecule has 0 saturated carbocycles. The maximum Gasteiger partial charge on any atom is 0.260 e. The second-order valence-corrected chi connectivity index (χ2v) is 8.99. The Morgan fingerprint density at radius 1 is 1.22 bits per heavy atom. The van der Waals surface area contributed by atoms with Gasteiger partial charge in [-0.1, -0.05) is 42.5 Å². The first-order valence-electron chi connectivity index (χ1n) is 11.8. The Bertz CT molecular complexity index is 897. The number of fused-ring (bicyclic) bond motifs is 1. The van der Waals surface area contributed by atoms with Gasteiger partial charge in [-0.2, -0.15) is 0 Å². The van der Waals surface area contributed by atoms with E-state index in [1.807, 2.05) is 18.2 Å². The first-order chi connectivity index (χ1) is 15.6. The van der Waals surface area contributed by atoms with Crippen LogP contribution in [0.1, 0.15) is 42.4 Å². The Morgan fingerprint density at radius 3 is 2.81 bits per heavy atom. The minimum absolute atomic E-state index is 0.204.